The van der Waals surface area contributed by atoms with Crippen LogP contribution in [0.25, 0.3) is 0 Å². The first kappa shape index (κ1) is 12.9. The molecule has 2 nitrogen and oxygen atoms in total. The van der Waals surface area contributed by atoms with Crippen molar-refractivity contribution in [3.63, 3.8) is 0 Å². The molecular formula is C15H14BrNO. The van der Waals surface area contributed by atoms with E-state index in [1.165, 1.54) is 0 Å². The molecular weight excluding hydrogens is 290 g/mol. The highest BCUT2D eigenvalue weighted by molar-refractivity contribution is 9.11. The van der Waals surface area contributed by atoms with E-state index >= 15 is 0 Å². The molecule has 18 heavy (non-hydrogen) atoms. The van der Waals surface area contributed by atoms with E-state index in [1.54, 1.807) is 4.90 Å². The summed E-state index contributed by atoms with van der Waals surface area (Å²) in [6, 6.07) is 9.83. The Morgan fingerprint density at radius 2 is 2.17 bits per heavy atom. The average molecular weight is 304 g/mol. The second-order valence-electron chi connectivity index (χ2n) is 4.23. The third-order valence-electron chi connectivity index (χ3n) is 2.83. The Bertz CT molecular complexity index is 512. The van der Waals surface area contributed by atoms with E-state index in [2.05, 4.69) is 34.3 Å². The van der Waals surface area contributed by atoms with E-state index in [0.29, 0.717) is 13.0 Å². The number of carbonyl (C=O) groups excluding carboxylic acids is 1. The smallest absolute Gasteiger partial charge is 0.224 e. The lowest BCUT2D eigenvalue weighted by molar-refractivity contribution is -0.127. The highest BCUT2D eigenvalue weighted by Crippen LogP contribution is 2.20. The number of hydrogen-bond donors (Lipinski definition) is 0. The number of halogens is 1. The molecule has 1 fully saturated rings. The van der Waals surface area contributed by atoms with Crippen LogP contribution < -0.4 is 0 Å². The molecule has 1 amide bonds. The molecule has 0 N–H and O–H groups in total. The van der Waals surface area contributed by atoms with E-state index in [9.17, 15) is 4.79 Å². The molecule has 1 aliphatic rings. The predicted octanol–water partition coefficient (Wildman–Crippen LogP) is 2.94. The first-order valence-corrected chi connectivity index (χ1v) is 6.65. The van der Waals surface area contributed by atoms with Gasteiger partial charge in [-0.05, 0) is 18.6 Å². The molecule has 0 spiro atoms. The third-order valence-corrected chi connectivity index (χ3v) is 3.08. The summed E-state index contributed by atoms with van der Waals surface area (Å²) in [6.45, 7) is 4.32. The van der Waals surface area contributed by atoms with Crippen LogP contribution >= 0.6 is 15.9 Å². The van der Waals surface area contributed by atoms with Crippen LogP contribution in [-0.4, -0.2) is 23.4 Å². The fourth-order valence-corrected chi connectivity index (χ4v) is 2.23. The number of rotatable bonds is 2. The first-order chi connectivity index (χ1) is 8.66. The van der Waals surface area contributed by atoms with Crippen LogP contribution in [0.1, 0.15) is 18.4 Å². The van der Waals surface area contributed by atoms with Crippen LogP contribution in [0.5, 0.6) is 0 Å². The van der Waals surface area contributed by atoms with Crippen LogP contribution in [0.2, 0.25) is 0 Å². The molecule has 0 bridgehead atoms. The number of likely N-dealkylation sites (tertiary alicyclic amines) is 1. The van der Waals surface area contributed by atoms with Gasteiger partial charge >= 0.3 is 0 Å². The normalized spacial score (nSPS) is 18.4. The van der Waals surface area contributed by atoms with Gasteiger partial charge in [-0.3, -0.25) is 4.79 Å². The standard InChI is InChI=1S/C15H14BrNO/c1-12(16)11-17-14(9-10-15(17)18)8-7-13-5-3-2-4-6-13/h2-6,14H,1,9-11H2. The van der Waals surface area contributed by atoms with E-state index < -0.39 is 0 Å². The molecule has 1 aliphatic heterocycles. The Morgan fingerprint density at radius 1 is 1.44 bits per heavy atom. The quantitative estimate of drug-likeness (QED) is 0.769. The van der Waals surface area contributed by atoms with Gasteiger partial charge in [-0.2, -0.15) is 0 Å². The van der Waals surface area contributed by atoms with Gasteiger partial charge in [-0.1, -0.05) is 52.5 Å². The van der Waals surface area contributed by atoms with Gasteiger partial charge in [0.2, 0.25) is 5.91 Å². The maximum absolute atomic E-state index is 11.7. The molecule has 1 heterocycles. The van der Waals surface area contributed by atoms with Crippen molar-refractivity contribution in [3.05, 3.63) is 47.0 Å². The summed E-state index contributed by atoms with van der Waals surface area (Å²) in [6.07, 6.45) is 1.38. The van der Waals surface area contributed by atoms with Gasteiger partial charge < -0.3 is 4.90 Å². The van der Waals surface area contributed by atoms with Crippen LogP contribution in [0, 0.1) is 11.8 Å². The molecule has 3 heteroatoms. The van der Waals surface area contributed by atoms with Gasteiger partial charge in [0.15, 0.2) is 0 Å². The fourth-order valence-electron chi connectivity index (χ4n) is 1.95. The van der Waals surface area contributed by atoms with Crippen molar-refractivity contribution in [3.8, 4) is 11.8 Å². The zero-order valence-electron chi connectivity index (χ0n) is 10.0. The maximum atomic E-state index is 11.7. The molecule has 1 atom stereocenters. The number of nitrogens with zero attached hydrogens (tertiary/aromatic N) is 1. The summed E-state index contributed by atoms with van der Waals surface area (Å²) in [5.74, 6) is 6.45. The van der Waals surface area contributed by atoms with E-state index in [4.69, 9.17) is 0 Å². The van der Waals surface area contributed by atoms with Crippen molar-refractivity contribution < 1.29 is 4.79 Å². The SMILES string of the molecule is C=C(Br)CN1C(=O)CCC1C#Cc1ccccc1. The molecule has 2 rings (SSSR count). The molecule has 0 aliphatic carbocycles. The summed E-state index contributed by atoms with van der Waals surface area (Å²) in [7, 11) is 0. The largest absolute Gasteiger partial charge is 0.324 e. The first-order valence-electron chi connectivity index (χ1n) is 5.86. The number of amides is 1. The second kappa shape index (κ2) is 5.88. The lowest BCUT2D eigenvalue weighted by atomic mass is 10.2. The van der Waals surface area contributed by atoms with Crippen LogP contribution in [0.4, 0.5) is 0 Å². The van der Waals surface area contributed by atoms with Crippen LogP contribution in [-0.2, 0) is 4.79 Å². The van der Waals surface area contributed by atoms with Gasteiger partial charge in [0, 0.05) is 16.5 Å². The lowest BCUT2D eigenvalue weighted by Gasteiger charge is -2.20. The predicted molar refractivity (Wildman–Crippen MR) is 76.1 cm³/mol. The van der Waals surface area contributed by atoms with Gasteiger partial charge in [0.1, 0.15) is 0 Å². The highest BCUT2D eigenvalue weighted by Gasteiger charge is 2.29. The number of hydrogen-bond acceptors (Lipinski definition) is 1. The Morgan fingerprint density at radius 3 is 2.83 bits per heavy atom. The van der Waals surface area contributed by atoms with Crippen molar-refractivity contribution in [2.75, 3.05) is 6.54 Å². The molecule has 1 saturated heterocycles. The van der Waals surface area contributed by atoms with Gasteiger partial charge in [-0.25, -0.2) is 0 Å². The van der Waals surface area contributed by atoms with Crippen molar-refractivity contribution in [1.29, 1.82) is 0 Å². The monoisotopic (exact) mass is 303 g/mol. The molecule has 0 saturated carbocycles. The third kappa shape index (κ3) is 3.24. The summed E-state index contributed by atoms with van der Waals surface area (Å²) in [4.78, 5) is 13.5. The molecule has 0 radical (unpaired) electrons. The minimum atomic E-state index is 0.00649. The Kier molecular flexibility index (Phi) is 4.22. The van der Waals surface area contributed by atoms with Crippen molar-refractivity contribution in [2.24, 2.45) is 0 Å². The van der Waals surface area contributed by atoms with E-state index in [1.807, 2.05) is 30.3 Å². The molecule has 1 aromatic rings. The summed E-state index contributed by atoms with van der Waals surface area (Å²) in [5, 5.41) is 0. The van der Waals surface area contributed by atoms with Crippen molar-refractivity contribution in [2.45, 2.75) is 18.9 Å². The van der Waals surface area contributed by atoms with Gasteiger partial charge in [0.25, 0.3) is 0 Å². The summed E-state index contributed by atoms with van der Waals surface area (Å²) >= 11 is 3.30. The molecule has 1 unspecified atom stereocenters. The van der Waals surface area contributed by atoms with Crippen molar-refractivity contribution >= 4 is 21.8 Å². The Labute approximate surface area is 116 Å². The lowest BCUT2D eigenvalue weighted by Crippen LogP contribution is -2.32. The summed E-state index contributed by atoms with van der Waals surface area (Å²) < 4.78 is 0.810. The van der Waals surface area contributed by atoms with Crippen LogP contribution in [0.15, 0.2) is 41.4 Å². The topological polar surface area (TPSA) is 20.3 Å². The zero-order chi connectivity index (χ0) is 13.0. The Balaban J connectivity index is 2.11. The van der Waals surface area contributed by atoms with Gasteiger partial charge in [0.05, 0.1) is 12.6 Å². The average Bonchev–Trinajstić information content (AvgIpc) is 2.69. The zero-order valence-corrected chi connectivity index (χ0v) is 11.6. The van der Waals surface area contributed by atoms with Crippen molar-refractivity contribution in [1.82, 2.24) is 4.90 Å². The Hall–Kier alpha value is -1.53. The number of benzene rings is 1. The number of carbonyl (C=O) groups is 1. The highest BCUT2D eigenvalue weighted by atomic mass is 79.9. The van der Waals surface area contributed by atoms with Gasteiger partial charge in [-0.15, -0.1) is 0 Å². The van der Waals surface area contributed by atoms with E-state index in [0.717, 1.165) is 16.5 Å². The summed E-state index contributed by atoms with van der Waals surface area (Å²) in [5.41, 5.74) is 0.981. The molecule has 92 valence electrons. The minimum absolute atomic E-state index is 0.00649. The molecule has 0 aromatic heterocycles. The second-order valence-corrected chi connectivity index (χ2v) is 5.35. The fraction of sp³-hybridized carbons (Fsp3) is 0.267. The molecule has 1 aromatic carbocycles. The maximum Gasteiger partial charge on any atom is 0.224 e. The van der Waals surface area contributed by atoms with Crippen LogP contribution in [0.3, 0.4) is 0 Å². The van der Waals surface area contributed by atoms with E-state index in [-0.39, 0.29) is 11.9 Å². The minimum Gasteiger partial charge on any atom is -0.324 e.